The Bertz CT molecular complexity index is 625. The Morgan fingerprint density at radius 3 is 2.70 bits per heavy atom. The van der Waals surface area contributed by atoms with Crippen LogP contribution in [-0.4, -0.2) is 12.5 Å². The van der Waals surface area contributed by atoms with Gasteiger partial charge in [-0.2, -0.15) is 0 Å². The molecular formula is C16H15BrN2O. The summed E-state index contributed by atoms with van der Waals surface area (Å²) in [4.78, 5) is 12.5. The van der Waals surface area contributed by atoms with Gasteiger partial charge in [0.1, 0.15) is 0 Å². The van der Waals surface area contributed by atoms with Crippen molar-refractivity contribution in [1.29, 1.82) is 0 Å². The van der Waals surface area contributed by atoms with E-state index in [0.29, 0.717) is 0 Å². The van der Waals surface area contributed by atoms with Crippen LogP contribution < -0.4 is 10.6 Å². The maximum Gasteiger partial charge on any atom is 0.232 e. The summed E-state index contributed by atoms with van der Waals surface area (Å²) in [5.74, 6) is -0.0302. The van der Waals surface area contributed by atoms with Crippen molar-refractivity contribution in [2.45, 2.75) is 12.3 Å². The number of carbonyl (C=O) groups is 1. The van der Waals surface area contributed by atoms with E-state index in [2.05, 4.69) is 26.6 Å². The molecule has 4 heteroatoms. The third-order valence-electron chi connectivity index (χ3n) is 3.51. The van der Waals surface area contributed by atoms with Crippen LogP contribution >= 0.6 is 15.9 Å². The SMILES string of the molecule is O=C(Nc1ccc(Br)cc1)C1CCNc2ccccc21. The fourth-order valence-corrected chi connectivity index (χ4v) is 2.77. The summed E-state index contributed by atoms with van der Waals surface area (Å²) >= 11 is 3.39. The van der Waals surface area contributed by atoms with Crippen molar-refractivity contribution in [3.05, 3.63) is 58.6 Å². The third-order valence-corrected chi connectivity index (χ3v) is 4.04. The predicted molar refractivity (Wildman–Crippen MR) is 85.1 cm³/mol. The zero-order valence-corrected chi connectivity index (χ0v) is 12.5. The molecule has 1 atom stereocenters. The van der Waals surface area contributed by atoms with Gasteiger partial charge in [-0.1, -0.05) is 34.1 Å². The summed E-state index contributed by atoms with van der Waals surface area (Å²) in [5.41, 5.74) is 2.97. The molecule has 1 aliphatic heterocycles. The van der Waals surface area contributed by atoms with Crippen molar-refractivity contribution >= 4 is 33.2 Å². The topological polar surface area (TPSA) is 41.1 Å². The minimum atomic E-state index is -0.0869. The van der Waals surface area contributed by atoms with E-state index in [-0.39, 0.29) is 11.8 Å². The molecule has 2 aromatic carbocycles. The average Bonchev–Trinajstić information content (AvgIpc) is 2.49. The maximum atomic E-state index is 12.5. The van der Waals surface area contributed by atoms with Gasteiger partial charge in [-0.15, -0.1) is 0 Å². The second kappa shape index (κ2) is 5.67. The van der Waals surface area contributed by atoms with Gasteiger partial charge in [0, 0.05) is 22.4 Å². The summed E-state index contributed by atoms with van der Waals surface area (Å²) < 4.78 is 1.00. The van der Waals surface area contributed by atoms with Crippen LogP contribution in [0.5, 0.6) is 0 Å². The van der Waals surface area contributed by atoms with Crippen LogP contribution in [0.2, 0.25) is 0 Å². The van der Waals surface area contributed by atoms with E-state index in [1.165, 1.54) is 0 Å². The van der Waals surface area contributed by atoms with E-state index < -0.39 is 0 Å². The Kier molecular flexibility index (Phi) is 3.74. The lowest BCUT2D eigenvalue weighted by molar-refractivity contribution is -0.117. The van der Waals surface area contributed by atoms with Crippen LogP contribution in [-0.2, 0) is 4.79 Å². The van der Waals surface area contributed by atoms with Crippen molar-refractivity contribution in [1.82, 2.24) is 0 Å². The molecule has 0 saturated heterocycles. The molecule has 20 heavy (non-hydrogen) atoms. The number of rotatable bonds is 2. The molecule has 0 aromatic heterocycles. The number of hydrogen-bond donors (Lipinski definition) is 2. The molecule has 0 bridgehead atoms. The highest BCUT2D eigenvalue weighted by Gasteiger charge is 2.26. The molecule has 1 amide bonds. The van der Waals surface area contributed by atoms with Crippen LogP contribution in [0.1, 0.15) is 17.9 Å². The highest BCUT2D eigenvalue weighted by molar-refractivity contribution is 9.10. The zero-order chi connectivity index (χ0) is 13.9. The number of anilines is 2. The Morgan fingerprint density at radius 1 is 1.15 bits per heavy atom. The van der Waals surface area contributed by atoms with Gasteiger partial charge in [-0.3, -0.25) is 4.79 Å². The molecular weight excluding hydrogens is 316 g/mol. The Morgan fingerprint density at radius 2 is 1.90 bits per heavy atom. The summed E-state index contributed by atoms with van der Waals surface area (Å²) in [7, 11) is 0. The van der Waals surface area contributed by atoms with Gasteiger partial charge in [0.05, 0.1) is 5.92 Å². The molecule has 0 aliphatic carbocycles. The highest BCUT2D eigenvalue weighted by atomic mass is 79.9. The van der Waals surface area contributed by atoms with E-state index in [0.717, 1.165) is 34.4 Å². The monoisotopic (exact) mass is 330 g/mol. The molecule has 102 valence electrons. The Labute approximate surface area is 126 Å². The normalized spacial score (nSPS) is 16.9. The molecule has 0 spiro atoms. The van der Waals surface area contributed by atoms with Crippen LogP contribution in [0, 0.1) is 0 Å². The largest absolute Gasteiger partial charge is 0.385 e. The van der Waals surface area contributed by atoms with Crippen molar-refractivity contribution in [3.63, 3.8) is 0 Å². The first kappa shape index (κ1) is 13.2. The van der Waals surface area contributed by atoms with Gasteiger partial charge < -0.3 is 10.6 Å². The van der Waals surface area contributed by atoms with Crippen LogP contribution in [0.4, 0.5) is 11.4 Å². The number of fused-ring (bicyclic) bond motifs is 1. The lowest BCUT2D eigenvalue weighted by atomic mass is 9.90. The molecule has 3 nitrogen and oxygen atoms in total. The predicted octanol–water partition coefficient (Wildman–Crippen LogP) is 3.99. The van der Waals surface area contributed by atoms with Crippen molar-refractivity contribution in [2.24, 2.45) is 0 Å². The van der Waals surface area contributed by atoms with Crippen LogP contribution in [0.25, 0.3) is 0 Å². The standard InChI is InChI=1S/C16H15BrN2O/c17-11-5-7-12(8-6-11)19-16(20)14-9-10-18-15-4-2-1-3-13(14)15/h1-8,14,18H,9-10H2,(H,19,20). The van der Waals surface area contributed by atoms with Gasteiger partial charge in [0.15, 0.2) is 0 Å². The van der Waals surface area contributed by atoms with Gasteiger partial charge in [0.25, 0.3) is 0 Å². The van der Waals surface area contributed by atoms with E-state index in [4.69, 9.17) is 0 Å². The number of para-hydroxylation sites is 1. The number of benzene rings is 2. The molecule has 2 N–H and O–H groups in total. The summed E-state index contributed by atoms with van der Waals surface area (Å²) in [6.07, 6.45) is 0.819. The molecule has 2 aromatic rings. The Hall–Kier alpha value is -1.81. The molecule has 0 saturated carbocycles. The van der Waals surface area contributed by atoms with E-state index in [1.807, 2.05) is 48.5 Å². The first-order chi connectivity index (χ1) is 9.74. The quantitative estimate of drug-likeness (QED) is 0.874. The zero-order valence-electron chi connectivity index (χ0n) is 10.9. The lowest BCUT2D eigenvalue weighted by Crippen LogP contribution is -2.27. The summed E-state index contributed by atoms with van der Waals surface area (Å²) in [6, 6.07) is 15.6. The van der Waals surface area contributed by atoms with Gasteiger partial charge in [-0.05, 0) is 42.3 Å². The Balaban J connectivity index is 1.80. The van der Waals surface area contributed by atoms with Crippen LogP contribution in [0.3, 0.4) is 0 Å². The van der Waals surface area contributed by atoms with Crippen molar-refractivity contribution in [3.8, 4) is 0 Å². The molecule has 0 radical (unpaired) electrons. The first-order valence-corrected chi connectivity index (χ1v) is 7.42. The van der Waals surface area contributed by atoms with E-state index >= 15 is 0 Å². The fourth-order valence-electron chi connectivity index (χ4n) is 2.50. The third kappa shape index (κ3) is 2.70. The molecule has 3 rings (SSSR count). The average molecular weight is 331 g/mol. The van der Waals surface area contributed by atoms with Gasteiger partial charge in [-0.25, -0.2) is 0 Å². The minimum Gasteiger partial charge on any atom is -0.385 e. The van der Waals surface area contributed by atoms with Crippen molar-refractivity contribution in [2.75, 3.05) is 17.2 Å². The van der Waals surface area contributed by atoms with Gasteiger partial charge >= 0.3 is 0 Å². The van der Waals surface area contributed by atoms with E-state index in [9.17, 15) is 4.79 Å². The fraction of sp³-hybridized carbons (Fsp3) is 0.188. The summed E-state index contributed by atoms with van der Waals surface area (Å²) in [5, 5.41) is 6.32. The molecule has 1 aliphatic rings. The number of carbonyl (C=O) groups excluding carboxylic acids is 1. The van der Waals surface area contributed by atoms with Crippen molar-refractivity contribution < 1.29 is 4.79 Å². The molecule has 1 unspecified atom stereocenters. The first-order valence-electron chi connectivity index (χ1n) is 6.63. The number of amides is 1. The number of nitrogens with one attached hydrogen (secondary N) is 2. The summed E-state index contributed by atoms with van der Waals surface area (Å²) in [6.45, 7) is 0.829. The molecule has 0 fully saturated rings. The van der Waals surface area contributed by atoms with E-state index in [1.54, 1.807) is 0 Å². The number of halogens is 1. The smallest absolute Gasteiger partial charge is 0.232 e. The maximum absolute atomic E-state index is 12.5. The highest BCUT2D eigenvalue weighted by Crippen LogP contribution is 2.32. The molecule has 1 heterocycles. The second-order valence-corrected chi connectivity index (χ2v) is 5.77. The lowest BCUT2D eigenvalue weighted by Gasteiger charge is -2.25. The van der Waals surface area contributed by atoms with Crippen LogP contribution in [0.15, 0.2) is 53.0 Å². The van der Waals surface area contributed by atoms with Gasteiger partial charge in [0.2, 0.25) is 5.91 Å². The second-order valence-electron chi connectivity index (χ2n) is 4.85. The number of hydrogen-bond acceptors (Lipinski definition) is 2. The minimum absolute atomic E-state index is 0.0567.